The van der Waals surface area contributed by atoms with Gasteiger partial charge in [-0.2, -0.15) is 5.10 Å². The summed E-state index contributed by atoms with van der Waals surface area (Å²) >= 11 is 0. The van der Waals surface area contributed by atoms with Crippen LogP contribution in [0.1, 0.15) is 13.8 Å². The summed E-state index contributed by atoms with van der Waals surface area (Å²) in [5.41, 5.74) is 7.69. The summed E-state index contributed by atoms with van der Waals surface area (Å²) in [7, 11) is 0. The Morgan fingerprint density at radius 1 is 1.29 bits per heavy atom. The highest BCUT2D eigenvalue weighted by molar-refractivity contribution is 5.66. The second-order valence-electron chi connectivity index (χ2n) is 4.62. The van der Waals surface area contributed by atoms with Gasteiger partial charge in [-0.25, -0.2) is 4.39 Å². The summed E-state index contributed by atoms with van der Waals surface area (Å²) in [6.07, 6.45) is 3.64. The molecule has 0 aliphatic heterocycles. The summed E-state index contributed by atoms with van der Waals surface area (Å²) in [5.74, 6) is 0.205. The predicted molar refractivity (Wildman–Crippen MR) is 66.9 cm³/mol. The topological polar surface area (TPSA) is 43.8 Å². The molecular weight excluding hydrogens is 217 g/mol. The molecule has 2 N–H and O–H groups in total. The molecule has 1 heterocycles. The monoisotopic (exact) mass is 233 g/mol. The number of benzene rings is 1. The predicted octanol–water partition coefficient (Wildman–Crippen LogP) is 2.93. The first-order valence-electron chi connectivity index (χ1n) is 5.63. The van der Waals surface area contributed by atoms with Crippen molar-refractivity contribution < 1.29 is 4.39 Å². The van der Waals surface area contributed by atoms with Gasteiger partial charge >= 0.3 is 0 Å². The molecular formula is C13H16FN3. The van der Waals surface area contributed by atoms with Gasteiger partial charge in [-0.1, -0.05) is 13.8 Å². The van der Waals surface area contributed by atoms with E-state index in [1.807, 2.05) is 10.9 Å². The number of nitrogens with zero attached hydrogens (tertiary/aromatic N) is 2. The second kappa shape index (κ2) is 4.57. The lowest BCUT2D eigenvalue weighted by atomic mass is 10.1. The third-order valence-electron chi connectivity index (χ3n) is 2.44. The lowest BCUT2D eigenvalue weighted by molar-refractivity contribution is 0.483. The smallest absolute Gasteiger partial charge is 0.125 e. The summed E-state index contributed by atoms with van der Waals surface area (Å²) < 4.78 is 15.1. The van der Waals surface area contributed by atoms with Crippen LogP contribution in [0.2, 0.25) is 0 Å². The van der Waals surface area contributed by atoms with Gasteiger partial charge in [0.25, 0.3) is 0 Å². The zero-order valence-electron chi connectivity index (χ0n) is 10.0. The summed E-state index contributed by atoms with van der Waals surface area (Å²) in [6.45, 7) is 5.11. The van der Waals surface area contributed by atoms with E-state index in [1.54, 1.807) is 12.3 Å². The second-order valence-corrected chi connectivity index (χ2v) is 4.62. The Hall–Kier alpha value is -1.84. The molecule has 0 amide bonds. The lowest BCUT2D eigenvalue weighted by Gasteiger charge is -2.03. The molecule has 2 aromatic rings. The van der Waals surface area contributed by atoms with E-state index in [-0.39, 0.29) is 5.82 Å². The van der Waals surface area contributed by atoms with Crippen LogP contribution >= 0.6 is 0 Å². The van der Waals surface area contributed by atoms with E-state index < -0.39 is 0 Å². The Morgan fingerprint density at radius 3 is 2.71 bits per heavy atom. The van der Waals surface area contributed by atoms with Crippen LogP contribution in [0.3, 0.4) is 0 Å². The molecule has 90 valence electrons. The first-order valence-corrected chi connectivity index (χ1v) is 5.63. The average molecular weight is 233 g/mol. The van der Waals surface area contributed by atoms with Crippen molar-refractivity contribution in [3.8, 4) is 11.1 Å². The fraction of sp³-hybridized carbons (Fsp3) is 0.308. The van der Waals surface area contributed by atoms with E-state index in [9.17, 15) is 4.39 Å². The normalized spacial score (nSPS) is 11.1. The van der Waals surface area contributed by atoms with Crippen molar-refractivity contribution in [1.29, 1.82) is 0 Å². The third-order valence-corrected chi connectivity index (χ3v) is 2.44. The van der Waals surface area contributed by atoms with Crippen LogP contribution in [0.15, 0.2) is 30.6 Å². The van der Waals surface area contributed by atoms with Crippen LogP contribution in [-0.4, -0.2) is 9.78 Å². The molecule has 2 rings (SSSR count). The molecule has 0 radical (unpaired) electrons. The minimum Gasteiger partial charge on any atom is -0.399 e. The van der Waals surface area contributed by atoms with Gasteiger partial charge < -0.3 is 5.73 Å². The van der Waals surface area contributed by atoms with Crippen molar-refractivity contribution in [2.45, 2.75) is 20.4 Å². The molecule has 0 atom stereocenters. The van der Waals surface area contributed by atoms with Gasteiger partial charge in [-0.3, -0.25) is 4.68 Å². The zero-order chi connectivity index (χ0) is 12.4. The van der Waals surface area contributed by atoms with E-state index >= 15 is 0 Å². The first kappa shape index (κ1) is 11.6. The fourth-order valence-electron chi connectivity index (χ4n) is 1.77. The molecule has 0 saturated heterocycles. The van der Waals surface area contributed by atoms with Crippen LogP contribution in [0.5, 0.6) is 0 Å². The van der Waals surface area contributed by atoms with E-state index in [1.165, 1.54) is 12.1 Å². The zero-order valence-corrected chi connectivity index (χ0v) is 10.0. The van der Waals surface area contributed by atoms with Gasteiger partial charge in [0.05, 0.1) is 6.20 Å². The number of nitrogens with two attached hydrogens (primary N) is 1. The quantitative estimate of drug-likeness (QED) is 0.828. The number of halogens is 1. The number of nitrogen functional groups attached to an aromatic ring is 1. The largest absolute Gasteiger partial charge is 0.399 e. The summed E-state index contributed by atoms with van der Waals surface area (Å²) in [6, 6.07) is 4.52. The molecule has 0 spiro atoms. The van der Waals surface area contributed by atoms with Gasteiger partial charge in [0.15, 0.2) is 0 Å². The molecule has 0 bridgehead atoms. The first-order chi connectivity index (χ1) is 8.04. The van der Waals surface area contributed by atoms with Crippen LogP contribution in [-0.2, 0) is 6.54 Å². The maximum absolute atomic E-state index is 13.2. The van der Waals surface area contributed by atoms with Crippen LogP contribution in [0.25, 0.3) is 11.1 Å². The maximum Gasteiger partial charge on any atom is 0.125 e. The standard InChI is InChI=1S/C13H16FN3/c1-9(2)7-17-8-11(6-16-17)10-3-12(14)5-13(15)4-10/h3-6,8-9H,7,15H2,1-2H3. The van der Waals surface area contributed by atoms with Gasteiger partial charge in [0.1, 0.15) is 5.82 Å². The highest BCUT2D eigenvalue weighted by atomic mass is 19.1. The molecule has 3 nitrogen and oxygen atoms in total. The highest BCUT2D eigenvalue weighted by Gasteiger charge is 2.05. The minimum absolute atomic E-state index is 0.323. The molecule has 0 aliphatic carbocycles. The van der Waals surface area contributed by atoms with Crippen molar-refractivity contribution in [3.05, 3.63) is 36.4 Å². The van der Waals surface area contributed by atoms with Gasteiger partial charge in [-0.15, -0.1) is 0 Å². The van der Waals surface area contributed by atoms with E-state index in [0.29, 0.717) is 11.6 Å². The maximum atomic E-state index is 13.2. The number of hydrogen-bond acceptors (Lipinski definition) is 2. The average Bonchev–Trinajstić information content (AvgIpc) is 2.63. The number of rotatable bonds is 3. The third kappa shape index (κ3) is 2.84. The minimum atomic E-state index is -0.323. The fourth-order valence-corrected chi connectivity index (χ4v) is 1.77. The lowest BCUT2D eigenvalue weighted by Crippen LogP contribution is -2.03. The Labute approximate surface area is 100 Å². The van der Waals surface area contributed by atoms with E-state index in [2.05, 4.69) is 18.9 Å². The summed E-state index contributed by atoms with van der Waals surface area (Å²) in [5, 5.41) is 4.25. The number of aromatic nitrogens is 2. The molecule has 4 heteroatoms. The number of anilines is 1. The Kier molecular flexibility index (Phi) is 3.13. The van der Waals surface area contributed by atoms with Crippen LogP contribution in [0, 0.1) is 11.7 Å². The molecule has 0 aliphatic rings. The molecule has 1 aromatic heterocycles. The van der Waals surface area contributed by atoms with Gasteiger partial charge in [-0.05, 0) is 29.7 Å². The highest BCUT2D eigenvalue weighted by Crippen LogP contribution is 2.22. The van der Waals surface area contributed by atoms with Gasteiger partial charge in [0, 0.05) is 24.0 Å². The van der Waals surface area contributed by atoms with Crippen molar-refractivity contribution in [2.24, 2.45) is 5.92 Å². The molecule has 0 fully saturated rings. The SMILES string of the molecule is CC(C)Cn1cc(-c2cc(N)cc(F)c2)cn1. The van der Waals surface area contributed by atoms with Crippen molar-refractivity contribution in [3.63, 3.8) is 0 Å². The Bertz CT molecular complexity index is 497. The van der Waals surface area contributed by atoms with Crippen molar-refractivity contribution >= 4 is 5.69 Å². The van der Waals surface area contributed by atoms with Crippen LogP contribution in [0.4, 0.5) is 10.1 Å². The van der Waals surface area contributed by atoms with Crippen LogP contribution < -0.4 is 5.73 Å². The molecule has 0 saturated carbocycles. The Balaban J connectivity index is 2.30. The number of hydrogen-bond donors (Lipinski definition) is 1. The molecule has 0 unspecified atom stereocenters. The molecule has 1 aromatic carbocycles. The summed E-state index contributed by atoms with van der Waals surface area (Å²) in [4.78, 5) is 0. The van der Waals surface area contributed by atoms with E-state index in [4.69, 9.17) is 5.73 Å². The van der Waals surface area contributed by atoms with E-state index in [0.717, 1.165) is 17.7 Å². The van der Waals surface area contributed by atoms with Crippen molar-refractivity contribution in [1.82, 2.24) is 9.78 Å². The molecule has 17 heavy (non-hydrogen) atoms. The van der Waals surface area contributed by atoms with Crippen molar-refractivity contribution in [2.75, 3.05) is 5.73 Å². The Morgan fingerprint density at radius 2 is 2.06 bits per heavy atom. The van der Waals surface area contributed by atoms with Gasteiger partial charge in [0.2, 0.25) is 0 Å².